The minimum atomic E-state index is -0.507. The molecule has 0 radical (unpaired) electrons. The molecule has 6 nitrogen and oxygen atoms in total. The zero-order chi connectivity index (χ0) is 18.8. The minimum Gasteiger partial charge on any atom is -0.462 e. The number of hydrogen-bond acceptors (Lipinski definition) is 5. The number of esters is 2. The highest BCUT2D eigenvalue weighted by Crippen LogP contribution is 2.27. The summed E-state index contributed by atoms with van der Waals surface area (Å²) in [7, 11) is 0. The molecule has 6 heteroatoms. The first kappa shape index (κ1) is 19.9. The standard InChI is InChI=1S/C20H27NO5/c1-2-25-20(24)16-10-6-7-11-17(16)21-18(22)14-26-19(23)13-12-15-8-4-3-5-9-15/h6-7,10-11,15H,2-5,8-9,12-14H2,1H3,(H,21,22). The van der Waals surface area contributed by atoms with Gasteiger partial charge in [-0.1, -0.05) is 44.2 Å². The molecular weight excluding hydrogens is 334 g/mol. The SMILES string of the molecule is CCOC(=O)c1ccccc1NC(=O)COC(=O)CCC1CCCCC1. The van der Waals surface area contributed by atoms with E-state index < -0.39 is 11.9 Å². The molecule has 1 aliphatic rings. The summed E-state index contributed by atoms with van der Waals surface area (Å²) in [5, 5.41) is 2.59. The van der Waals surface area contributed by atoms with Gasteiger partial charge < -0.3 is 14.8 Å². The largest absolute Gasteiger partial charge is 0.462 e. The van der Waals surface area contributed by atoms with E-state index in [4.69, 9.17) is 9.47 Å². The van der Waals surface area contributed by atoms with Gasteiger partial charge in [-0.05, 0) is 31.4 Å². The number of rotatable bonds is 8. The van der Waals surface area contributed by atoms with Crippen LogP contribution in [-0.4, -0.2) is 31.1 Å². The van der Waals surface area contributed by atoms with Gasteiger partial charge in [-0.3, -0.25) is 9.59 Å². The van der Waals surface area contributed by atoms with Crippen molar-refractivity contribution in [2.45, 2.75) is 51.9 Å². The molecule has 0 heterocycles. The fourth-order valence-electron chi connectivity index (χ4n) is 3.18. The Morgan fingerprint density at radius 1 is 1.08 bits per heavy atom. The van der Waals surface area contributed by atoms with Crippen molar-refractivity contribution in [2.24, 2.45) is 5.92 Å². The molecule has 0 unspecified atom stereocenters. The number of amides is 1. The van der Waals surface area contributed by atoms with Gasteiger partial charge in [0.2, 0.25) is 0 Å². The molecule has 1 saturated carbocycles. The highest BCUT2D eigenvalue weighted by molar-refractivity contribution is 6.01. The second kappa shape index (κ2) is 10.6. The van der Waals surface area contributed by atoms with E-state index in [9.17, 15) is 14.4 Å². The quantitative estimate of drug-likeness (QED) is 0.714. The number of hydrogen-bond donors (Lipinski definition) is 1. The maximum atomic E-state index is 12.0. The Morgan fingerprint density at radius 3 is 2.54 bits per heavy atom. The van der Waals surface area contributed by atoms with Gasteiger partial charge >= 0.3 is 11.9 Å². The number of anilines is 1. The summed E-state index contributed by atoms with van der Waals surface area (Å²) < 4.78 is 10.0. The summed E-state index contributed by atoms with van der Waals surface area (Å²) >= 11 is 0. The Morgan fingerprint density at radius 2 is 1.81 bits per heavy atom. The van der Waals surface area contributed by atoms with Crippen LogP contribution >= 0.6 is 0 Å². The van der Waals surface area contributed by atoms with E-state index in [0.717, 1.165) is 6.42 Å². The molecule has 2 rings (SSSR count). The first-order chi connectivity index (χ1) is 12.6. The molecule has 1 aromatic carbocycles. The average Bonchev–Trinajstić information content (AvgIpc) is 2.66. The van der Waals surface area contributed by atoms with Gasteiger partial charge in [0.15, 0.2) is 6.61 Å². The predicted molar refractivity (Wildman–Crippen MR) is 97.8 cm³/mol. The van der Waals surface area contributed by atoms with Gasteiger partial charge in [-0.15, -0.1) is 0 Å². The lowest BCUT2D eigenvalue weighted by atomic mass is 9.86. The molecule has 26 heavy (non-hydrogen) atoms. The molecule has 1 fully saturated rings. The van der Waals surface area contributed by atoms with Crippen LogP contribution in [-0.2, 0) is 19.1 Å². The lowest BCUT2D eigenvalue weighted by Gasteiger charge is -2.20. The number of ether oxygens (including phenoxy) is 2. The van der Waals surface area contributed by atoms with Crippen molar-refractivity contribution >= 4 is 23.5 Å². The highest BCUT2D eigenvalue weighted by Gasteiger charge is 2.17. The molecule has 0 aliphatic heterocycles. The lowest BCUT2D eigenvalue weighted by molar-refractivity contribution is -0.147. The van der Waals surface area contributed by atoms with Gasteiger partial charge in [0.1, 0.15) is 0 Å². The van der Waals surface area contributed by atoms with Crippen LogP contribution in [0.3, 0.4) is 0 Å². The third-order valence-corrected chi connectivity index (χ3v) is 4.54. The fourth-order valence-corrected chi connectivity index (χ4v) is 3.18. The van der Waals surface area contributed by atoms with Crippen molar-refractivity contribution in [1.82, 2.24) is 0 Å². The van der Waals surface area contributed by atoms with Gasteiger partial charge in [-0.25, -0.2) is 4.79 Å². The second-order valence-corrected chi connectivity index (χ2v) is 6.52. The van der Waals surface area contributed by atoms with Crippen LogP contribution in [0, 0.1) is 5.92 Å². The molecule has 0 spiro atoms. The van der Waals surface area contributed by atoms with Crippen molar-refractivity contribution in [3.8, 4) is 0 Å². The van der Waals surface area contributed by atoms with Gasteiger partial charge in [0.05, 0.1) is 17.9 Å². The first-order valence-electron chi connectivity index (χ1n) is 9.31. The monoisotopic (exact) mass is 361 g/mol. The van der Waals surface area contributed by atoms with Crippen LogP contribution in [0.5, 0.6) is 0 Å². The number of carbonyl (C=O) groups excluding carboxylic acids is 3. The first-order valence-corrected chi connectivity index (χ1v) is 9.31. The van der Waals surface area contributed by atoms with Gasteiger partial charge in [-0.2, -0.15) is 0 Å². The van der Waals surface area contributed by atoms with Crippen LogP contribution in [0.25, 0.3) is 0 Å². The van der Waals surface area contributed by atoms with Crippen LogP contribution in [0.1, 0.15) is 62.2 Å². The van der Waals surface area contributed by atoms with E-state index in [1.807, 2.05) is 0 Å². The molecule has 0 bridgehead atoms. The van der Waals surface area contributed by atoms with Gasteiger partial charge in [0, 0.05) is 6.42 Å². The number of benzene rings is 1. The summed E-state index contributed by atoms with van der Waals surface area (Å²) in [6.45, 7) is 1.60. The van der Waals surface area contributed by atoms with E-state index in [1.165, 1.54) is 32.1 Å². The smallest absolute Gasteiger partial charge is 0.340 e. The van der Waals surface area contributed by atoms with E-state index >= 15 is 0 Å². The van der Waals surface area contributed by atoms with Crippen molar-refractivity contribution in [3.05, 3.63) is 29.8 Å². The molecule has 1 aromatic rings. The van der Waals surface area contributed by atoms with Crippen LogP contribution in [0.2, 0.25) is 0 Å². The number of nitrogens with one attached hydrogen (secondary N) is 1. The molecule has 1 N–H and O–H groups in total. The number of para-hydroxylation sites is 1. The molecular formula is C20H27NO5. The topological polar surface area (TPSA) is 81.7 Å². The summed E-state index contributed by atoms with van der Waals surface area (Å²) in [5.74, 6) is -0.744. The van der Waals surface area contributed by atoms with Crippen molar-refractivity contribution < 1.29 is 23.9 Å². The van der Waals surface area contributed by atoms with Crippen molar-refractivity contribution in [2.75, 3.05) is 18.5 Å². The zero-order valence-electron chi connectivity index (χ0n) is 15.3. The summed E-state index contributed by atoms with van der Waals surface area (Å²) in [6.07, 6.45) is 7.29. The van der Waals surface area contributed by atoms with E-state index in [-0.39, 0.29) is 24.7 Å². The predicted octanol–water partition coefficient (Wildman–Crippen LogP) is 3.71. The van der Waals surface area contributed by atoms with E-state index in [0.29, 0.717) is 18.0 Å². The van der Waals surface area contributed by atoms with E-state index in [2.05, 4.69) is 5.32 Å². The lowest BCUT2D eigenvalue weighted by Crippen LogP contribution is -2.22. The fraction of sp³-hybridized carbons (Fsp3) is 0.550. The maximum Gasteiger partial charge on any atom is 0.340 e. The molecule has 0 saturated heterocycles. The summed E-state index contributed by atoms with van der Waals surface area (Å²) in [4.78, 5) is 35.7. The Hall–Kier alpha value is -2.37. The highest BCUT2D eigenvalue weighted by atomic mass is 16.5. The molecule has 1 aliphatic carbocycles. The Labute approximate surface area is 154 Å². The van der Waals surface area contributed by atoms with Crippen LogP contribution in [0.4, 0.5) is 5.69 Å². The van der Waals surface area contributed by atoms with E-state index in [1.54, 1.807) is 31.2 Å². The summed E-state index contributed by atoms with van der Waals surface area (Å²) in [5.41, 5.74) is 0.612. The Bertz CT molecular complexity index is 622. The third-order valence-electron chi connectivity index (χ3n) is 4.54. The molecule has 1 amide bonds. The molecule has 142 valence electrons. The molecule has 0 atom stereocenters. The second-order valence-electron chi connectivity index (χ2n) is 6.52. The Kier molecular flexibility index (Phi) is 8.12. The molecule has 0 aromatic heterocycles. The van der Waals surface area contributed by atoms with Gasteiger partial charge in [0.25, 0.3) is 5.91 Å². The van der Waals surface area contributed by atoms with Crippen molar-refractivity contribution in [1.29, 1.82) is 0 Å². The zero-order valence-corrected chi connectivity index (χ0v) is 15.3. The Balaban J connectivity index is 1.76. The average molecular weight is 361 g/mol. The minimum absolute atomic E-state index is 0.250. The van der Waals surface area contributed by atoms with Crippen LogP contribution < -0.4 is 5.32 Å². The van der Waals surface area contributed by atoms with Crippen molar-refractivity contribution in [3.63, 3.8) is 0 Å². The normalized spacial score (nSPS) is 14.5. The van der Waals surface area contributed by atoms with Crippen LogP contribution in [0.15, 0.2) is 24.3 Å². The third kappa shape index (κ3) is 6.50. The maximum absolute atomic E-state index is 12.0. The summed E-state index contributed by atoms with van der Waals surface area (Å²) in [6, 6.07) is 6.57. The number of carbonyl (C=O) groups is 3.